The zero-order valence-corrected chi connectivity index (χ0v) is 13.3. The number of benzene rings is 1. The van der Waals surface area contributed by atoms with Gasteiger partial charge in [0, 0.05) is 19.5 Å². The number of hydrogen-bond donors (Lipinski definition) is 1. The largest absolute Gasteiger partial charge is 0.304 e. The van der Waals surface area contributed by atoms with Gasteiger partial charge >= 0.3 is 0 Å². The Morgan fingerprint density at radius 2 is 2.00 bits per heavy atom. The van der Waals surface area contributed by atoms with Crippen LogP contribution >= 0.6 is 0 Å². The maximum absolute atomic E-state index is 13.2. The summed E-state index contributed by atoms with van der Waals surface area (Å²) in [5.74, 6) is -0.550. The first-order valence-corrected chi connectivity index (χ1v) is 7.44. The van der Waals surface area contributed by atoms with Crippen molar-refractivity contribution in [3.05, 3.63) is 81.7 Å². The zero-order valence-electron chi connectivity index (χ0n) is 13.3. The van der Waals surface area contributed by atoms with Gasteiger partial charge in [0.05, 0.1) is 5.69 Å². The van der Waals surface area contributed by atoms with Crippen LogP contribution in [0.4, 0.5) is 10.2 Å². The Labute approximate surface area is 142 Å². The first kappa shape index (κ1) is 16.4. The standard InChI is InChI=1S/C17H14FN5O2/c1-23-16(24)8-6-14(22-23)17(25)19-15-7-5-13(20-21-15)10-11-3-2-4-12(18)9-11/h2-9H,10H2,1H3,(H,19,21,25). The number of nitrogens with one attached hydrogen (secondary N) is 1. The maximum Gasteiger partial charge on any atom is 0.277 e. The third-order valence-corrected chi connectivity index (χ3v) is 3.43. The Morgan fingerprint density at radius 3 is 2.68 bits per heavy atom. The molecule has 0 radical (unpaired) electrons. The molecule has 0 fully saturated rings. The Bertz CT molecular complexity index is 969. The van der Waals surface area contributed by atoms with Gasteiger partial charge in [-0.15, -0.1) is 5.10 Å². The molecule has 25 heavy (non-hydrogen) atoms. The van der Waals surface area contributed by atoms with E-state index in [1.807, 2.05) is 0 Å². The van der Waals surface area contributed by atoms with Gasteiger partial charge < -0.3 is 5.32 Å². The van der Waals surface area contributed by atoms with E-state index < -0.39 is 5.91 Å². The first-order valence-electron chi connectivity index (χ1n) is 7.44. The van der Waals surface area contributed by atoms with E-state index in [0.717, 1.165) is 10.2 Å². The lowest BCUT2D eigenvalue weighted by molar-refractivity contribution is 0.101. The fourth-order valence-electron chi connectivity index (χ4n) is 2.18. The second kappa shape index (κ2) is 7.00. The van der Waals surface area contributed by atoms with Gasteiger partial charge in [-0.2, -0.15) is 10.2 Å². The molecule has 0 saturated carbocycles. The van der Waals surface area contributed by atoms with E-state index in [0.29, 0.717) is 12.1 Å². The fourth-order valence-corrected chi connectivity index (χ4v) is 2.18. The summed E-state index contributed by atoms with van der Waals surface area (Å²) in [5, 5.41) is 14.4. The molecule has 0 aliphatic rings. The van der Waals surface area contributed by atoms with E-state index in [1.54, 1.807) is 24.3 Å². The number of rotatable bonds is 4. The predicted octanol–water partition coefficient (Wildman–Crippen LogP) is 1.55. The van der Waals surface area contributed by atoms with E-state index in [4.69, 9.17) is 0 Å². The molecule has 0 saturated heterocycles. The molecule has 1 N–H and O–H groups in total. The van der Waals surface area contributed by atoms with Gasteiger partial charge in [-0.3, -0.25) is 9.59 Å². The maximum atomic E-state index is 13.2. The number of aromatic nitrogens is 4. The highest BCUT2D eigenvalue weighted by Crippen LogP contribution is 2.10. The summed E-state index contributed by atoms with van der Waals surface area (Å²) in [4.78, 5) is 23.4. The second-order valence-corrected chi connectivity index (χ2v) is 5.35. The van der Waals surface area contributed by atoms with E-state index >= 15 is 0 Å². The topological polar surface area (TPSA) is 89.8 Å². The van der Waals surface area contributed by atoms with Crippen LogP contribution in [0.3, 0.4) is 0 Å². The average molecular weight is 339 g/mol. The molecular weight excluding hydrogens is 325 g/mol. The average Bonchev–Trinajstić information content (AvgIpc) is 2.59. The molecule has 0 spiro atoms. The van der Waals surface area contributed by atoms with Crippen molar-refractivity contribution in [2.75, 3.05) is 5.32 Å². The number of aryl methyl sites for hydroxylation is 1. The van der Waals surface area contributed by atoms with Crippen molar-refractivity contribution < 1.29 is 9.18 Å². The summed E-state index contributed by atoms with van der Waals surface area (Å²) < 4.78 is 14.3. The predicted molar refractivity (Wildman–Crippen MR) is 88.7 cm³/mol. The minimum absolute atomic E-state index is 0.0905. The third-order valence-electron chi connectivity index (χ3n) is 3.43. The Balaban J connectivity index is 1.68. The van der Waals surface area contributed by atoms with Crippen molar-refractivity contribution in [3.63, 3.8) is 0 Å². The number of halogens is 1. The summed E-state index contributed by atoms with van der Waals surface area (Å²) in [7, 11) is 1.46. The molecule has 0 aliphatic carbocycles. The lowest BCUT2D eigenvalue weighted by Gasteiger charge is -2.05. The summed E-state index contributed by atoms with van der Waals surface area (Å²) in [6.07, 6.45) is 0.432. The van der Waals surface area contributed by atoms with Crippen molar-refractivity contribution in [1.82, 2.24) is 20.0 Å². The first-order chi connectivity index (χ1) is 12.0. The van der Waals surface area contributed by atoms with Gasteiger partial charge in [0.25, 0.3) is 11.5 Å². The summed E-state index contributed by atoms with van der Waals surface area (Å²) >= 11 is 0. The molecule has 0 aliphatic heterocycles. The molecule has 1 aromatic carbocycles. The van der Waals surface area contributed by atoms with E-state index in [9.17, 15) is 14.0 Å². The molecule has 126 valence electrons. The Morgan fingerprint density at radius 1 is 1.16 bits per heavy atom. The molecule has 2 heterocycles. The van der Waals surface area contributed by atoms with Gasteiger partial charge in [0.2, 0.25) is 0 Å². The number of amides is 1. The van der Waals surface area contributed by atoms with Crippen LogP contribution < -0.4 is 10.9 Å². The van der Waals surface area contributed by atoms with Crippen molar-refractivity contribution in [1.29, 1.82) is 0 Å². The molecule has 3 rings (SSSR count). The smallest absolute Gasteiger partial charge is 0.277 e. The van der Waals surface area contributed by atoms with Crippen LogP contribution in [0.1, 0.15) is 21.7 Å². The van der Waals surface area contributed by atoms with E-state index in [2.05, 4.69) is 20.6 Å². The molecule has 0 unspecified atom stereocenters. The second-order valence-electron chi connectivity index (χ2n) is 5.35. The quantitative estimate of drug-likeness (QED) is 0.779. The van der Waals surface area contributed by atoms with Crippen molar-refractivity contribution >= 4 is 11.7 Å². The normalized spacial score (nSPS) is 10.5. The molecule has 8 heteroatoms. The zero-order chi connectivity index (χ0) is 17.8. The van der Waals surface area contributed by atoms with Gasteiger partial charge in [-0.1, -0.05) is 12.1 Å². The van der Waals surface area contributed by atoms with Crippen molar-refractivity contribution in [2.24, 2.45) is 7.05 Å². The van der Waals surface area contributed by atoms with Gasteiger partial charge in [-0.05, 0) is 35.9 Å². The monoisotopic (exact) mass is 339 g/mol. The molecule has 0 bridgehead atoms. The third kappa shape index (κ3) is 4.11. The van der Waals surface area contributed by atoms with Crippen LogP contribution in [0.15, 0.2) is 53.3 Å². The lowest BCUT2D eigenvalue weighted by atomic mass is 10.1. The van der Waals surface area contributed by atoms with Gasteiger partial charge in [0.15, 0.2) is 5.82 Å². The molecule has 7 nitrogen and oxygen atoms in total. The van der Waals surface area contributed by atoms with E-state index in [1.165, 1.54) is 31.3 Å². The number of nitrogens with zero attached hydrogens (tertiary/aromatic N) is 4. The van der Waals surface area contributed by atoms with Gasteiger partial charge in [-0.25, -0.2) is 9.07 Å². The minimum Gasteiger partial charge on any atom is -0.304 e. The van der Waals surface area contributed by atoms with Crippen LogP contribution in [0.2, 0.25) is 0 Å². The minimum atomic E-state index is -0.497. The number of anilines is 1. The molecular formula is C17H14FN5O2. The Kier molecular flexibility index (Phi) is 4.60. The van der Waals surface area contributed by atoms with E-state index in [-0.39, 0.29) is 22.9 Å². The molecule has 0 atom stereocenters. The van der Waals surface area contributed by atoms with Crippen LogP contribution in [0.5, 0.6) is 0 Å². The molecule has 1 amide bonds. The summed E-state index contributed by atoms with van der Waals surface area (Å²) in [6, 6.07) is 12.1. The Hall–Kier alpha value is -3.42. The molecule has 2 aromatic heterocycles. The van der Waals surface area contributed by atoms with Crippen LogP contribution in [-0.4, -0.2) is 25.9 Å². The van der Waals surface area contributed by atoms with Crippen LogP contribution in [0, 0.1) is 5.82 Å². The fraction of sp³-hybridized carbons (Fsp3) is 0.118. The molecule has 3 aromatic rings. The highest BCUT2D eigenvalue weighted by molar-refractivity contribution is 6.02. The highest BCUT2D eigenvalue weighted by atomic mass is 19.1. The van der Waals surface area contributed by atoms with Crippen molar-refractivity contribution in [2.45, 2.75) is 6.42 Å². The summed E-state index contributed by atoms with van der Waals surface area (Å²) in [6.45, 7) is 0. The summed E-state index contributed by atoms with van der Waals surface area (Å²) in [5.41, 5.74) is 1.20. The SMILES string of the molecule is Cn1nc(C(=O)Nc2ccc(Cc3cccc(F)c3)nn2)ccc1=O. The number of hydrogen-bond acceptors (Lipinski definition) is 5. The van der Waals surface area contributed by atoms with Crippen LogP contribution in [-0.2, 0) is 13.5 Å². The number of carbonyl (C=O) groups excluding carboxylic acids is 1. The highest BCUT2D eigenvalue weighted by Gasteiger charge is 2.10. The number of carbonyl (C=O) groups is 1. The van der Waals surface area contributed by atoms with Crippen molar-refractivity contribution in [3.8, 4) is 0 Å². The van der Waals surface area contributed by atoms with Crippen LogP contribution in [0.25, 0.3) is 0 Å². The van der Waals surface area contributed by atoms with Gasteiger partial charge in [0.1, 0.15) is 11.5 Å². The lowest BCUT2D eigenvalue weighted by Crippen LogP contribution is -2.23.